The van der Waals surface area contributed by atoms with Gasteiger partial charge in [-0.05, 0) is 5.92 Å². The average molecular weight is 158 g/mol. The zero-order chi connectivity index (χ0) is 8.43. The predicted octanol–water partition coefficient (Wildman–Crippen LogP) is 1.43. The molecule has 4 unspecified atom stereocenters. The van der Waals surface area contributed by atoms with Crippen molar-refractivity contribution in [2.24, 2.45) is 11.8 Å². The lowest BCUT2D eigenvalue weighted by molar-refractivity contribution is 0.0488. The van der Waals surface area contributed by atoms with Crippen LogP contribution in [-0.2, 0) is 4.74 Å². The summed E-state index contributed by atoms with van der Waals surface area (Å²) in [5.74, 6) is 0.882. The molecule has 2 heteroatoms. The number of aliphatic hydroxyl groups excluding tert-OH is 1. The Morgan fingerprint density at radius 1 is 1.64 bits per heavy atom. The highest BCUT2D eigenvalue weighted by Gasteiger charge is 2.34. The Balaban J connectivity index is 2.47. The third kappa shape index (κ3) is 1.74. The summed E-state index contributed by atoms with van der Waals surface area (Å²) in [7, 11) is 0. The standard InChI is InChI=1S/C9H18O2/c1-4-6(2)9-7(3)8(10)5-11-9/h6-10H,4-5H2,1-3H3. The Morgan fingerprint density at radius 2 is 2.27 bits per heavy atom. The third-order valence-corrected chi connectivity index (χ3v) is 2.79. The molecule has 0 radical (unpaired) electrons. The summed E-state index contributed by atoms with van der Waals surface area (Å²) in [5.41, 5.74) is 0. The fourth-order valence-corrected chi connectivity index (χ4v) is 1.65. The molecule has 1 N–H and O–H groups in total. The van der Waals surface area contributed by atoms with E-state index in [1.165, 1.54) is 0 Å². The van der Waals surface area contributed by atoms with Crippen LogP contribution in [0, 0.1) is 11.8 Å². The minimum atomic E-state index is -0.242. The van der Waals surface area contributed by atoms with Crippen LogP contribution in [0.2, 0.25) is 0 Å². The second kappa shape index (κ2) is 3.55. The van der Waals surface area contributed by atoms with Crippen LogP contribution in [0.3, 0.4) is 0 Å². The van der Waals surface area contributed by atoms with Crippen molar-refractivity contribution >= 4 is 0 Å². The van der Waals surface area contributed by atoms with E-state index in [1.54, 1.807) is 0 Å². The van der Waals surface area contributed by atoms with E-state index in [0.717, 1.165) is 6.42 Å². The molecular weight excluding hydrogens is 140 g/mol. The van der Waals surface area contributed by atoms with Gasteiger partial charge in [0.2, 0.25) is 0 Å². The lowest BCUT2D eigenvalue weighted by Gasteiger charge is -2.21. The van der Waals surface area contributed by atoms with E-state index < -0.39 is 0 Å². The van der Waals surface area contributed by atoms with Crippen molar-refractivity contribution in [3.63, 3.8) is 0 Å². The summed E-state index contributed by atoms with van der Waals surface area (Å²) >= 11 is 0. The first-order valence-electron chi connectivity index (χ1n) is 4.46. The van der Waals surface area contributed by atoms with Gasteiger partial charge in [0.1, 0.15) is 0 Å². The molecule has 0 amide bonds. The van der Waals surface area contributed by atoms with E-state index in [4.69, 9.17) is 4.74 Å². The number of rotatable bonds is 2. The normalized spacial score (nSPS) is 40.9. The van der Waals surface area contributed by atoms with Crippen LogP contribution in [0.15, 0.2) is 0 Å². The second-order valence-electron chi connectivity index (χ2n) is 3.61. The van der Waals surface area contributed by atoms with Crippen molar-refractivity contribution in [2.75, 3.05) is 6.61 Å². The summed E-state index contributed by atoms with van der Waals surface area (Å²) in [5, 5.41) is 9.39. The van der Waals surface area contributed by atoms with E-state index in [9.17, 15) is 5.11 Å². The van der Waals surface area contributed by atoms with Gasteiger partial charge in [-0.3, -0.25) is 0 Å². The van der Waals surface area contributed by atoms with Crippen LogP contribution in [-0.4, -0.2) is 23.9 Å². The van der Waals surface area contributed by atoms with Crippen molar-refractivity contribution in [2.45, 2.75) is 39.4 Å². The molecule has 1 saturated heterocycles. The minimum Gasteiger partial charge on any atom is -0.390 e. The smallest absolute Gasteiger partial charge is 0.0824 e. The van der Waals surface area contributed by atoms with Crippen LogP contribution in [0.5, 0.6) is 0 Å². The number of hydrogen-bond acceptors (Lipinski definition) is 2. The summed E-state index contributed by atoms with van der Waals surface area (Å²) in [6.45, 7) is 6.93. The molecule has 0 aliphatic carbocycles. The average Bonchev–Trinajstić information content (AvgIpc) is 2.32. The van der Waals surface area contributed by atoms with Crippen LogP contribution >= 0.6 is 0 Å². The van der Waals surface area contributed by atoms with Gasteiger partial charge in [0.15, 0.2) is 0 Å². The maximum absolute atomic E-state index is 9.39. The first-order chi connectivity index (χ1) is 5.16. The molecule has 0 aromatic heterocycles. The lowest BCUT2D eigenvalue weighted by atomic mass is 9.90. The van der Waals surface area contributed by atoms with Gasteiger partial charge in [-0.25, -0.2) is 0 Å². The number of aliphatic hydroxyl groups is 1. The molecule has 0 aromatic carbocycles. The van der Waals surface area contributed by atoms with Gasteiger partial charge in [-0.15, -0.1) is 0 Å². The zero-order valence-electron chi connectivity index (χ0n) is 7.58. The molecule has 0 bridgehead atoms. The molecule has 0 spiro atoms. The first-order valence-corrected chi connectivity index (χ1v) is 4.46. The van der Waals surface area contributed by atoms with Crippen molar-refractivity contribution in [1.29, 1.82) is 0 Å². The molecule has 1 aliphatic heterocycles. The largest absolute Gasteiger partial charge is 0.390 e. The van der Waals surface area contributed by atoms with Gasteiger partial charge in [0.25, 0.3) is 0 Å². The Labute approximate surface area is 68.6 Å². The van der Waals surface area contributed by atoms with E-state index in [0.29, 0.717) is 18.4 Å². The number of hydrogen-bond donors (Lipinski definition) is 1. The van der Waals surface area contributed by atoms with Gasteiger partial charge in [-0.2, -0.15) is 0 Å². The molecule has 11 heavy (non-hydrogen) atoms. The van der Waals surface area contributed by atoms with Crippen molar-refractivity contribution < 1.29 is 9.84 Å². The summed E-state index contributed by atoms with van der Waals surface area (Å²) < 4.78 is 5.48. The Bertz CT molecular complexity index is 125. The molecule has 1 heterocycles. The monoisotopic (exact) mass is 158 g/mol. The summed E-state index contributed by atoms with van der Waals surface area (Å²) in [6, 6.07) is 0. The minimum absolute atomic E-state index is 0.242. The highest BCUT2D eigenvalue weighted by molar-refractivity contribution is 4.82. The molecular formula is C9H18O2. The number of ether oxygens (including phenoxy) is 1. The Hall–Kier alpha value is -0.0800. The first kappa shape index (κ1) is 9.01. The van der Waals surface area contributed by atoms with Crippen LogP contribution < -0.4 is 0 Å². The molecule has 0 aromatic rings. The molecule has 4 atom stereocenters. The maximum Gasteiger partial charge on any atom is 0.0824 e. The topological polar surface area (TPSA) is 29.5 Å². The third-order valence-electron chi connectivity index (χ3n) is 2.79. The van der Waals surface area contributed by atoms with Crippen LogP contribution in [0.1, 0.15) is 27.2 Å². The van der Waals surface area contributed by atoms with Gasteiger partial charge < -0.3 is 9.84 Å². The SMILES string of the molecule is CCC(C)C1OCC(O)C1C. The van der Waals surface area contributed by atoms with Gasteiger partial charge in [0, 0.05) is 5.92 Å². The summed E-state index contributed by atoms with van der Waals surface area (Å²) in [4.78, 5) is 0. The second-order valence-corrected chi connectivity index (χ2v) is 3.61. The Morgan fingerprint density at radius 3 is 2.64 bits per heavy atom. The van der Waals surface area contributed by atoms with E-state index in [-0.39, 0.29) is 12.2 Å². The van der Waals surface area contributed by atoms with Crippen molar-refractivity contribution in [1.82, 2.24) is 0 Å². The zero-order valence-corrected chi connectivity index (χ0v) is 7.58. The lowest BCUT2D eigenvalue weighted by Crippen LogP contribution is -2.26. The molecule has 1 rings (SSSR count). The molecule has 0 saturated carbocycles. The molecule has 1 fully saturated rings. The van der Waals surface area contributed by atoms with Crippen LogP contribution in [0.25, 0.3) is 0 Å². The van der Waals surface area contributed by atoms with E-state index >= 15 is 0 Å². The molecule has 2 nitrogen and oxygen atoms in total. The van der Waals surface area contributed by atoms with Crippen molar-refractivity contribution in [3.05, 3.63) is 0 Å². The molecule has 1 aliphatic rings. The highest BCUT2D eigenvalue weighted by atomic mass is 16.5. The fraction of sp³-hybridized carbons (Fsp3) is 1.00. The maximum atomic E-state index is 9.39. The van der Waals surface area contributed by atoms with Gasteiger partial charge in [0.05, 0.1) is 18.8 Å². The van der Waals surface area contributed by atoms with E-state index in [2.05, 4.69) is 20.8 Å². The Kier molecular flexibility index (Phi) is 2.90. The highest BCUT2D eigenvalue weighted by Crippen LogP contribution is 2.28. The van der Waals surface area contributed by atoms with Gasteiger partial charge in [-0.1, -0.05) is 27.2 Å². The van der Waals surface area contributed by atoms with Crippen LogP contribution in [0.4, 0.5) is 0 Å². The van der Waals surface area contributed by atoms with E-state index in [1.807, 2.05) is 0 Å². The van der Waals surface area contributed by atoms with Crippen molar-refractivity contribution in [3.8, 4) is 0 Å². The quantitative estimate of drug-likeness (QED) is 0.658. The predicted molar refractivity (Wildman–Crippen MR) is 44.4 cm³/mol. The fourth-order valence-electron chi connectivity index (χ4n) is 1.65. The molecule has 66 valence electrons. The summed E-state index contributed by atoms with van der Waals surface area (Å²) in [6.07, 6.45) is 1.16. The van der Waals surface area contributed by atoms with Gasteiger partial charge >= 0.3 is 0 Å².